The zero-order chi connectivity index (χ0) is 10.1. The predicted molar refractivity (Wildman–Crippen MR) is 53.4 cm³/mol. The zero-order valence-corrected chi connectivity index (χ0v) is 8.86. The molecule has 0 saturated carbocycles. The Kier molecular flexibility index (Phi) is 2.53. The summed E-state index contributed by atoms with van der Waals surface area (Å²) in [6.07, 6.45) is -0.406. The number of rotatable bonds is 2. The summed E-state index contributed by atoms with van der Waals surface area (Å²) in [5.41, 5.74) is 0.939. The van der Waals surface area contributed by atoms with Crippen LogP contribution in [0.3, 0.4) is 0 Å². The number of fused-ring (bicyclic) bond motifs is 1. The minimum atomic E-state index is -2.91. The third-order valence-corrected chi connectivity index (χ3v) is 2.19. The van der Waals surface area contributed by atoms with E-state index in [1.807, 2.05) is 0 Å². The Bertz CT molecular complexity index is 458. The molecule has 6 heteroatoms. The molecule has 1 aromatic heterocycles. The standard InChI is InChI=1S/C8H4F2INO2/c9-7(10)14-8-12-5-2-1-4(11)3-6(5)13-8/h1-3,7H. The van der Waals surface area contributed by atoms with Crippen LogP contribution in [0.25, 0.3) is 11.1 Å². The van der Waals surface area contributed by atoms with E-state index in [9.17, 15) is 8.78 Å². The first-order valence-corrected chi connectivity index (χ1v) is 4.74. The first-order chi connectivity index (χ1) is 6.65. The van der Waals surface area contributed by atoms with Crippen molar-refractivity contribution < 1.29 is 17.9 Å². The Hall–Kier alpha value is -0.920. The van der Waals surface area contributed by atoms with Gasteiger partial charge in [0.25, 0.3) is 0 Å². The fourth-order valence-corrected chi connectivity index (χ4v) is 1.47. The number of oxazole rings is 1. The van der Waals surface area contributed by atoms with Crippen molar-refractivity contribution in [3.05, 3.63) is 21.8 Å². The van der Waals surface area contributed by atoms with Gasteiger partial charge >= 0.3 is 12.7 Å². The van der Waals surface area contributed by atoms with Crippen LogP contribution >= 0.6 is 22.6 Å². The van der Waals surface area contributed by atoms with Crippen molar-refractivity contribution in [1.82, 2.24) is 4.98 Å². The van der Waals surface area contributed by atoms with Crippen LogP contribution < -0.4 is 4.74 Å². The van der Waals surface area contributed by atoms with Crippen LogP contribution in [-0.2, 0) is 0 Å². The van der Waals surface area contributed by atoms with E-state index in [1.54, 1.807) is 18.2 Å². The van der Waals surface area contributed by atoms with E-state index in [4.69, 9.17) is 4.42 Å². The normalized spacial score (nSPS) is 11.1. The van der Waals surface area contributed by atoms with Crippen LogP contribution in [0.4, 0.5) is 8.78 Å². The molecule has 0 aliphatic heterocycles. The van der Waals surface area contributed by atoms with Gasteiger partial charge in [-0.05, 0) is 40.8 Å². The smallest absolute Gasteiger partial charge is 0.399 e. The molecule has 2 rings (SSSR count). The van der Waals surface area contributed by atoms with Gasteiger partial charge in [0.15, 0.2) is 5.58 Å². The highest BCUT2D eigenvalue weighted by molar-refractivity contribution is 14.1. The number of hydrogen-bond acceptors (Lipinski definition) is 3. The molecule has 2 aromatic rings. The fraction of sp³-hybridized carbons (Fsp3) is 0.125. The molecule has 0 bridgehead atoms. The zero-order valence-electron chi connectivity index (χ0n) is 6.71. The van der Waals surface area contributed by atoms with Crippen molar-refractivity contribution in [2.75, 3.05) is 0 Å². The lowest BCUT2D eigenvalue weighted by atomic mass is 10.3. The summed E-state index contributed by atoms with van der Waals surface area (Å²) in [5.74, 6) is 0. The van der Waals surface area contributed by atoms with Crippen molar-refractivity contribution in [1.29, 1.82) is 0 Å². The van der Waals surface area contributed by atoms with Crippen LogP contribution in [-0.4, -0.2) is 11.6 Å². The molecule has 0 amide bonds. The first kappa shape index (κ1) is 9.63. The Labute approximate surface area is 91.2 Å². The van der Waals surface area contributed by atoms with Crippen LogP contribution in [0.5, 0.6) is 6.08 Å². The molecule has 0 aliphatic carbocycles. The number of nitrogens with zero attached hydrogens (tertiary/aromatic N) is 1. The highest BCUT2D eigenvalue weighted by Crippen LogP contribution is 2.23. The fourth-order valence-electron chi connectivity index (χ4n) is 1.00. The second-order valence-corrected chi connectivity index (χ2v) is 3.72. The maximum absolute atomic E-state index is 11.8. The molecular formula is C8H4F2INO2. The molecule has 0 unspecified atom stereocenters. The number of alkyl halides is 2. The Morgan fingerprint density at radius 1 is 1.43 bits per heavy atom. The molecule has 0 spiro atoms. The van der Waals surface area contributed by atoms with Gasteiger partial charge in [0.1, 0.15) is 5.52 Å². The monoisotopic (exact) mass is 311 g/mol. The second-order valence-electron chi connectivity index (χ2n) is 2.47. The molecule has 0 aliphatic rings. The van der Waals surface area contributed by atoms with Gasteiger partial charge < -0.3 is 9.15 Å². The van der Waals surface area contributed by atoms with Crippen molar-refractivity contribution in [2.24, 2.45) is 0 Å². The molecule has 0 fully saturated rings. The SMILES string of the molecule is FC(F)Oc1nc2ccc(I)cc2o1. The Morgan fingerprint density at radius 3 is 2.93 bits per heavy atom. The lowest BCUT2D eigenvalue weighted by Crippen LogP contribution is -2.01. The highest BCUT2D eigenvalue weighted by Gasteiger charge is 2.11. The molecule has 1 aromatic carbocycles. The van der Waals surface area contributed by atoms with Crippen molar-refractivity contribution >= 4 is 33.7 Å². The number of benzene rings is 1. The summed E-state index contributed by atoms with van der Waals surface area (Å²) in [6, 6.07) is 5.18. The average molecular weight is 311 g/mol. The van der Waals surface area contributed by atoms with Crippen LogP contribution in [0.2, 0.25) is 0 Å². The molecule has 3 nitrogen and oxygen atoms in total. The Morgan fingerprint density at radius 2 is 2.21 bits per heavy atom. The van der Waals surface area contributed by atoms with Gasteiger partial charge in [-0.2, -0.15) is 13.8 Å². The third kappa shape index (κ3) is 1.94. The number of ether oxygens (including phenoxy) is 1. The molecule has 0 N–H and O–H groups in total. The summed E-state index contributed by atoms with van der Waals surface area (Å²) in [4.78, 5) is 3.72. The first-order valence-electron chi connectivity index (χ1n) is 3.66. The average Bonchev–Trinajstić information content (AvgIpc) is 2.44. The molecule has 0 radical (unpaired) electrons. The molecule has 14 heavy (non-hydrogen) atoms. The van der Waals surface area contributed by atoms with E-state index in [-0.39, 0.29) is 0 Å². The second kappa shape index (κ2) is 3.68. The molecule has 74 valence electrons. The largest absolute Gasteiger partial charge is 0.409 e. The summed E-state index contributed by atoms with van der Waals surface area (Å²) >= 11 is 2.09. The van der Waals surface area contributed by atoms with Crippen molar-refractivity contribution in [3.63, 3.8) is 0 Å². The quantitative estimate of drug-likeness (QED) is 0.800. The van der Waals surface area contributed by atoms with Gasteiger partial charge in [0.05, 0.1) is 0 Å². The lowest BCUT2D eigenvalue weighted by molar-refractivity contribution is -0.0664. The maximum Gasteiger partial charge on any atom is 0.399 e. The van der Waals surface area contributed by atoms with Crippen molar-refractivity contribution in [3.8, 4) is 6.08 Å². The van der Waals surface area contributed by atoms with Crippen LogP contribution in [0.15, 0.2) is 22.6 Å². The lowest BCUT2D eigenvalue weighted by Gasteiger charge is -1.94. The predicted octanol–water partition coefficient (Wildman–Crippen LogP) is 3.03. The van der Waals surface area contributed by atoms with Crippen molar-refractivity contribution in [2.45, 2.75) is 6.61 Å². The third-order valence-electron chi connectivity index (χ3n) is 1.52. The van der Waals surface area contributed by atoms with Gasteiger partial charge in [-0.25, -0.2) is 0 Å². The van der Waals surface area contributed by atoms with Gasteiger partial charge in [-0.15, -0.1) is 0 Å². The van der Waals surface area contributed by atoms with E-state index >= 15 is 0 Å². The van der Waals surface area contributed by atoms with Gasteiger partial charge in [-0.3, -0.25) is 0 Å². The van der Waals surface area contributed by atoms with E-state index in [1.165, 1.54) is 0 Å². The molecule has 0 atom stereocenters. The maximum atomic E-state index is 11.8. The minimum absolute atomic E-state index is 0.406. The van der Waals surface area contributed by atoms with E-state index in [2.05, 4.69) is 32.3 Å². The van der Waals surface area contributed by atoms with Gasteiger partial charge in [-0.1, -0.05) is 0 Å². The summed E-state index contributed by atoms with van der Waals surface area (Å²) in [6.45, 7) is -2.91. The van der Waals surface area contributed by atoms with Crippen LogP contribution in [0.1, 0.15) is 0 Å². The number of halogens is 3. The number of aromatic nitrogens is 1. The highest BCUT2D eigenvalue weighted by atomic mass is 127. The molecule has 0 saturated heterocycles. The topological polar surface area (TPSA) is 35.3 Å². The molecule has 1 heterocycles. The van der Waals surface area contributed by atoms with E-state index in [0.29, 0.717) is 11.1 Å². The number of hydrogen-bond donors (Lipinski definition) is 0. The minimum Gasteiger partial charge on any atom is -0.409 e. The van der Waals surface area contributed by atoms with Crippen LogP contribution in [0, 0.1) is 3.57 Å². The van der Waals surface area contributed by atoms with Gasteiger partial charge in [0, 0.05) is 3.57 Å². The van der Waals surface area contributed by atoms with E-state index in [0.717, 1.165) is 3.57 Å². The van der Waals surface area contributed by atoms with Gasteiger partial charge in [0.2, 0.25) is 0 Å². The summed E-state index contributed by atoms with van der Waals surface area (Å²) < 4.78 is 33.5. The Balaban J connectivity index is 2.41. The summed E-state index contributed by atoms with van der Waals surface area (Å²) in [5, 5.41) is 0. The molecular weight excluding hydrogens is 307 g/mol. The van der Waals surface area contributed by atoms with E-state index < -0.39 is 12.7 Å². The summed E-state index contributed by atoms with van der Waals surface area (Å²) in [7, 11) is 0.